The minimum absolute atomic E-state index is 1.11. The van der Waals surface area contributed by atoms with E-state index in [4.69, 9.17) is 0 Å². The molecule has 0 saturated heterocycles. The maximum atomic E-state index is 3.54. The molecule has 1 N–H and O–H groups in total. The summed E-state index contributed by atoms with van der Waals surface area (Å²) >= 11 is 0. The summed E-state index contributed by atoms with van der Waals surface area (Å²) in [4.78, 5) is 0. The molecule has 0 unspecified atom stereocenters. The van der Waals surface area contributed by atoms with Crippen LogP contribution in [0.3, 0.4) is 0 Å². The Bertz CT molecular complexity index is 345. The molecule has 0 aromatic heterocycles. The van der Waals surface area contributed by atoms with Crippen LogP contribution in [-0.2, 0) is 6.42 Å². The van der Waals surface area contributed by atoms with Crippen LogP contribution in [-0.4, -0.2) is 6.54 Å². The predicted octanol–water partition coefficient (Wildman–Crippen LogP) is 6.58. The molecule has 21 heavy (non-hydrogen) atoms. The van der Waals surface area contributed by atoms with E-state index in [2.05, 4.69) is 43.4 Å². The molecule has 1 aromatic carbocycles. The van der Waals surface area contributed by atoms with Crippen molar-refractivity contribution in [2.75, 3.05) is 11.9 Å². The monoisotopic (exact) mass is 289 g/mol. The number of rotatable bonds is 13. The molecule has 120 valence electrons. The third-order valence-corrected chi connectivity index (χ3v) is 4.19. The second-order valence-electron chi connectivity index (χ2n) is 6.16. The molecule has 0 bridgehead atoms. The summed E-state index contributed by atoms with van der Waals surface area (Å²) in [6.07, 6.45) is 15.2. The summed E-state index contributed by atoms with van der Waals surface area (Å²) in [7, 11) is 0. The second kappa shape index (κ2) is 12.7. The van der Waals surface area contributed by atoms with Gasteiger partial charge in [-0.05, 0) is 30.5 Å². The Morgan fingerprint density at radius 3 is 2.00 bits per heavy atom. The molecule has 0 amide bonds. The van der Waals surface area contributed by atoms with Crippen LogP contribution in [0.4, 0.5) is 5.69 Å². The predicted molar refractivity (Wildman–Crippen MR) is 96.2 cm³/mol. The second-order valence-corrected chi connectivity index (χ2v) is 6.16. The topological polar surface area (TPSA) is 12.0 Å². The van der Waals surface area contributed by atoms with Crippen molar-refractivity contribution in [1.82, 2.24) is 0 Å². The molecule has 0 aliphatic carbocycles. The Morgan fingerprint density at radius 2 is 1.38 bits per heavy atom. The molecular weight excluding hydrogens is 254 g/mol. The van der Waals surface area contributed by atoms with Gasteiger partial charge in [-0.1, -0.05) is 83.8 Å². The van der Waals surface area contributed by atoms with Gasteiger partial charge < -0.3 is 5.32 Å². The number of anilines is 1. The molecule has 0 heterocycles. The first-order chi connectivity index (χ1) is 10.4. The molecule has 0 aliphatic rings. The maximum Gasteiger partial charge on any atom is 0.0342 e. The quantitative estimate of drug-likeness (QED) is 0.404. The minimum Gasteiger partial charge on any atom is -0.385 e. The van der Waals surface area contributed by atoms with E-state index in [-0.39, 0.29) is 0 Å². The largest absolute Gasteiger partial charge is 0.385 e. The fourth-order valence-corrected chi connectivity index (χ4v) is 2.75. The van der Waals surface area contributed by atoms with Gasteiger partial charge in [-0.15, -0.1) is 0 Å². The number of hydrogen-bond acceptors (Lipinski definition) is 1. The zero-order valence-electron chi connectivity index (χ0n) is 14.3. The molecule has 1 nitrogen and oxygen atoms in total. The van der Waals surface area contributed by atoms with Crippen LogP contribution in [0.1, 0.15) is 83.6 Å². The van der Waals surface area contributed by atoms with Crippen LogP contribution < -0.4 is 5.32 Å². The summed E-state index contributed by atoms with van der Waals surface area (Å²) in [6, 6.07) is 8.80. The number of benzene rings is 1. The zero-order chi connectivity index (χ0) is 15.2. The molecule has 0 spiro atoms. The maximum absolute atomic E-state index is 3.54. The average molecular weight is 290 g/mol. The van der Waals surface area contributed by atoms with E-state index in [0.29, 0.717) is 0 Å². The number of hydrogen-bond donors (Lipinski definition) is 1. The summed E-state index contributed by atoms with van der Waals surface area (Å²) in [5.74, 6) is 0. The fraction of sp³-hybridized carbons (Fsp3) is 0.700. The Morgan fingerprint density at radius 1 is 0.762 bits per heavy atom. The van der Waals surface area contributed by atoms with E-state index in [0.717, 1.165) is 13.0 Å². The Labute approximate surface area is 132 Å². The Kier molecular flexibility index (Phi) is 11.0. The molecule has 1 rings (SSSR count). The van der Waals surface area contributed by atoms with Crippen molar-refractivity contribution in [2.45, 2.75) is 84.5 Å². The lowest BCUT2D eigenvalue weighted by molar-refractivity contribution is 0.560. The van der Waals surface area contributed by atoms with E-state index < -0.39 is 0 Å². The zero-order valence-corrected chi connectivity index (χ0v) is 14.3. The third-order valence-electron chi connectivity index (χ3n) is 4.19. The van der Waals surface area contributed by atoms with Crippen molar-refractivity contribution in [3.63, 3.8) is 0 Å². The standard InChI is InChI=1S/C20H35N/c1-3-5-6-7-8-9-10-11-12-13-17-21-20-16-14-15-19(4-2)18-20/h14-16,18,21H,3-13,17H2,1-2H3. The normalized spacial score (nSPS) is 10.8. The highest BCUT2D eigenvalue weighted by Gasteiger charge is 1.95. The van der Waals surface area contributed by atoms with Gasteiger partial charge >= 0.3 is 0 Å². The molecule has 0 fully saturated rings. The van der Waals surface area contributed by atoms with Gasteiger partial charge in [-0.3, -0.25) is 0 Å². The van der Waals surface area contributed by atoms with Gasteiger partial charge in [0.15, 0.2) is 0 Å². The lowest BCUT2D eigenvalue weighted by Gasteiger charge is -2.07. The molecule has 1 aromatic rings. The fourth-order valence-electron chi connectivity index (χ4n) is 2.75. The van der Waals surface area contributed by atoms with Gasteiger partial charge in [0.05, 0.1) is 0 Å². The van der Waals surface area contributed by atoms with Crippen LogP contribution in [0.5, 0.6) is 0 Å². The van der Waals surface area contributed by atoms with Gasteiger partial charge in [0.1, 0.15) is 0 Å². The SMILES string of the molecule is CCCCCCCCCCCCNc1cccc(CC)c1. The van der Waals surface area contributed by atoms with Crippen molar-refractivity contribution in [3.05, 3.63) is 29.8 Å². The van der Waals surface area contributed by atoms with Gasteiger partial charge in [-0.25, -0.2) is 0 Å². The molecule has 0 atom stereocenters. The molecule has 1 heteroatoms. The lowest BCUT2D eigenvalue weighted by atomic mass is 10.1. The summed E-state index contributed by atoms with van der Waals surface area (Å²) < 4.78 is 0. The molecule has 0 radical (unpaired) electrons. The number of unbranched alkanes of at least 4 members (excludes halogenated alkanes) is 9. The smallest absolute Gasteiger partial charge is 0.0342 e. The van der Waals surface area contributed by atoms with E-state index in [9.17, 15) is 0 Å². The molecular formula is C20H35N. The van der Waals surface area contributed by atoms with Gasteiger partial charge in [-0.2, -0.15) is 0 Å². The Balaban J connectivity index is 1.90. The summed E-state index contributed by atoms with van der Waals surface area (Å²) in [6.45, 7) is 5.61. The van der Waals surface area contributed by atoms with Crippen molar-refractivity contribution < 1.29 is 0 Å². The van der Waals surface area contributed by atoms with Crippen LogP contribution in [0.2, 0.25) is 0 Å². The van der Waals surface area contributed by atoms with Crippen molar-refractivity contribution in [2.24, 2.45) is 0 Å². The summed E-state index contributed by atoms with van der Waals surface area (Å²) in [5, 5.41) is 3.54. The first kappa shape index (κ1) is 18.1. The number of aryl methyl sites for hydroxylation is 1. The first-order valence-electron chi connectivity index (χ1n) is 9.19. The van der Waals surface area contributed by atoms with E-state index in [1.807, 2.05) is 0 Å². The van der Waals surface area contributed by atoms with E-state index in [1.54, 1.807) is 0 Å². The number of nitrogens with one attached hydrogen (secondary N) is 1. The lowest BCUT2D eigenvalue weighted by Crippen LogP contribution is -2.01. The molecule has 0 saturated carbocycles. The third kappa shape index (κ3) is 9.55. The highest BCUT2D eigenvalue weighted by atomic mass is 14.9. The Hall–Kier alpha value is -0.980. The van der Waals surface area contributed by atoms with Crippen LogP contribution in [0.15, 0.2) is 24.3 Å². The van der Waals surface area contributed by atoms with Crippen LogP contribution in [0, 0.1) is 0 Å². The van der Waals surface area contributed by atoms with Crippen molar-refractivity contribution >= 4 is 5.69 Å². The van der Waals surface area contributed by atoms with E-state index in [1.165, 1.54) is 75.5 Å². The average Bonchev–Trinajstić information content (AvgIpc) is 2.53. The van der Waals surface area contributed by atoms with Gasteiger partial charge in [0.2, 0.25) is 0 Å². The van der Waals surface area contributed by atoms with E-state index >= 15 is 0 Å². The van der Waals surface area contributed by atoms with Gasteiger partial charge in [0, 0.05) is 12.2 Å². The van der Waals surface area contributed by atoms with Gasteiger partial charge in [0.25, 0.3) is 0 Å². The van der Waals surface area contributed by atoms with Crippen molar-refractivity contribution in [3.8, 4) is 0 Å². The first-order valence-corrected chi connectivity index (χ1v) is 9.19. The highest BCUT2D eigenvalue weighted by molar-refractivity contribution is 5.45. The van der Waals surface area contributed by atoms with Crippen LogP contribution >= 0.6 is 0 Å². The van der Waals surface area contributed by atoms with Crippen molar-refractivity contribution in [1.29, 1.82) is 0 Å². The van der Waals surface area contributed by atoms with Crippen LogP contribution in [0.25, 0.3) is 0 Å². The minimum atomic E-state index is 1.11. The summed E-state index contributed by atoms with van der Waals surface area (Å²) in [5.41, 5.74) is 2.70. The molecule has 0 aliphatic heterocycles. The highest BCUT2D eigenvalue weighted by Crippen LogP contribution is 2.13.